The van der Waals surface area contributed by atoms with Crippen LogP contribution in [-0.2, 0) is 4.79 Å². The summed E-state index contributed by atoms with van der Waals surface area (Å²) in [6, 6.07) is 0. The number of likely N-dealkylation sites (tertiary alicyclic amines) is 1. The number of aryl methyl sites for hydroxylation is 2. The van der Waals surface area contributed by atoms with E-state index in [0.29, 0.717) is 12.5 Å². The lowest BCUT2D eigenvalue weighted by Gasteiger charge is -2.31. The molecule has 0 radical (unpaired) electrons. The van der Waals surface area contributed by atoms with Gasteiger partial charge in [0.25, 0.3) is 0 Å². The lowest BCUT2D eigenvalue weighted by atomic mass is 9.99. The van der Waals surface area contributed by atoms with Gasteiger partial charge in [-0.1, -0.05) is 0 Å². The third-order valence-electron chi connectivity index (χ3n) is 3.62. The Balaban J connectivity index is 1.87. The number of carbonyl (C=O) groups excluding carboxylic acids is 1. The zero-order valence-corrected chi connectivity index (χ0v) is 11.6. The fourth-order valence-corrected chi connectivity index (χ4v) is 2.56. The SMILES string of the molecule is Cc1n[nH]c(C)c1NC(=O)CN1CCCC(CO)C1. The molecule has 1 aliphatic heterocycles. The van der Waals surface area contributed by atoms with E-state index in [2.05, 4.69) is 20.4 Å². The first-order valence-corrected chi connectivity index (χ1v) is 6.74. The van der Waals surface area contributed by atoms with Gasteiger partial charge in [0.1, 0.15) is 0 Å². The van der Waals surface area contributed by atoms with E-state index in [-0.39, 0.29) is 12.5 Å². The first kappa shape index (κ1) is 14.0. The zero-order valence-electron chi connectivity index (χ0n) is 11.6. The van der Waals surface area contributed by atoms with Crippen LogP contribution in [0.3, 0.4) is 0 Å². The van der Waals surface area contributed by atoms with Gasteiger partial charge in [0, 0.05) is 13.2 Å². The summed E-state index contributed by atoms with van der Waals surface area (Å²) < 4.78 is 0. The van der Waals surface area contributed by atoms with Crippen molar-refractivity contribution in [2.24, 2.45) is 5.92 Å². The number of aromatic nitrogens is 2. The van der Waals surface area contributed by atoms with Crippen molar-refractivity contribution in [2.75, 3.05) is 31.6 Å². The Morgan fingerprint density at radius 1 is 1.58 bits per heavy atom. The van der Waals surface area contributed by atoms with E-state index in [9.17, 15) is 9.90 Å². The number of piperidine rings is 1. The average Bonchev–Trinajstić information content (AvgIpc) is 2.71. The summed E-state index contributed by atoms with van der Waals surface area (Å²) in [5.74, 6) is 0.283. The number of nitrogens with one attached hydrogen (secondary N) is 2. The summed E-state index contributed by atoms with van der Waals surface area (Å²) in [6.07, 6.45) is 2.09. The second-order valence-electron chi connectivity index (χ2n) is 5.28. The summed E-state index contributed by atoms with van der Waals surface area (Å²) in [5, 5.41) is 19.0. The molecule has 1 aromatic heterocycles. The molecule has 1 unspecified atom stereocenters. The molecule has 6 heteroatoms. The number of anilines is 1. The van der Waals surface area contributed by atoms with E-state index in [4.69, 9.17) is 0 Å². The van der Waals surface area contributed by atoms with Crippen LogP contribution >= 0.6 is 0 Å². The molecule has 1 aliphatic rings. The van der Waals surface area contributed by atoms with Gasteiger partial charge in [0.15, 0.2) is 0 Å². The topological polar surface area (TPSA) is 81.2 Å². The molecule has 106 valence electrons. The first-order valence-electron chi connectivity index (χ1n) is 6.74. The number of rotatable bonds is 4. The van der Waals surface area contributed by atoms with Crippen molar-refractivity contribution in [3.8, 4) is 0 Å². The van der Waals surface area contributed by atoms with Crippen molar-refractivity contribution < 1.29 is 9.90 Å². The third-order valence-corrected chi connectivity index (χ3v) is 3.62. The summed E-state index contributed by atoms with van der Waals surface area (Å²) >= 11 is 0. The number of H-pyrrole nitrogens is 1. The van der Waals surface area contributed by atoms with Crippen LogP contribution in [0.25, 0.3) is 0 Å². The molecule has 0 saturated carbocycles. The number of hydrogen-bond acceptors (Lipinski definition) is 4. The van der Waals surface area contributed by atoms with Crippen LogP contribution in [0, 0.1) is 19.8 Å². The summed E-state index contributed by atoms with van der Waals surface area (Å²) in [6.45, 7) is 6.05. The lowest BCUT2D eigenvalue weighted by molar-refractivity contribution is -0.117. The molecule has 3 N–H and O–H groups in total. The molecule has 1 amide bonds. The fourth-order valence-electron chi connectivity index (χ4n) is 2.56. The molecule has 19 heavy (non-hydrogen) atoms. The minimum absolute atomic E-state index is 0.0220. The van der Waals surface area contributed by atoms with Gasteiger partial charge in [-0.3, -0.25) is 14.8 Å². The molecule has 1 fully saturated rings. The van der Waals surface area contributed by atoms with Gasteiger partial charge in [0.2, 0.25) is 5.91 Å². The van der Waals surface area contributed by atoms with E-state index in [1.807, 2.05) is 13.8 Å². The number of aliphatic hydroxyl groups is 1. The van der Waals surface area contributed by atoms with Gasteiger partial charge in [-0.25, -0.2) is 0 Å². The molecule has 0 aromatic carbocycles. The normalized spacial score (nSPS) is 20.5. The smallest absolute Gasteiger partial charge is 0.238 e. The van der Waals surface area contributed by atoms with Gasteiger partial charge < -0.3 is 10.4 Å². The number of nitrogens with zero attached hydrogens (tertiary/aromatic N) is 2. The van der Waals surface area contributed by atoms with E-state index in [1.165, 1.54) is 0 Å². The fraction of sp³-hybridized carbons (Fsp3) is 0.692. The molecule has 1 atom stereocenters. The van der Waals surface area contributed by atoms with Crippen LogP contribution in [0.4, 0.5) is 5.69 Å². The maximum Gasteiger partial charge on any atom is 0.238 e. The number of amides is 1. The van der Waals surface area contributed by atoms with Crippen LogP contribution in [-0.4, -0.2) is 52.4 Å². The Kier molecular flexibility index (Phi) is 4.55. The monoisotopic (exact) mass is 266 g/mol. The van der Waals surface area contributed by atoms with Crippen molar-refractivity contribution in [1.82, 2.24) is 15.1 Å². The minimum Gasteiger partial charge on any atom is -0.396 e. The van der Waals surface area contributed by atoms with Crippen molar-refractivity contribution in [1.29, 1.82) is 0 Å². The Bertz CT molecular complexity index is 424. The van der Waals surface area contributed by atoms with Crippen molar-refractivity contribution in [3.05, 3.63) is 11.4 Å². The van der Waals surface area contributed by atoms with Gasteiger partial charge in [-0.15, -0.1) is 0 Å². The van der Waals surface area contributed by atoms with Gasteiger partial charge in [-0.2, -0.15) is 5.10 Å². The zero-order chi connectivity index (χ0) is 13.8. The average molecular weight is 266 g/mol. The molecular formula is C13H22N4O2. The second kappa shape index (κ2) is 6.16. The van der Waals surface area contributed by atoms with Crippen molar-refractivity contribution >= 4 is 11.6 Å². The highest BCUT2D eigenvalue weighted by atomic mass is 16.3. The Hall–Kier alpha value is -1.40. The van der Waals surface area contributed by atoms with E-state index < -0.39 is 0 Å². The van der Waals surface area contributed by atoms with Gasteiger partial charge in [0.05, 0.1) is 23.6 Å². The molecule has 6 nitrogen and oxygen atoms in total. The van der Waals surface area contributed by atoms with Gasteiger partial charge in [-0.05, 0) is 39.2 Å². The van der Waals surface area contributed by atoms with Crippen LogP contribution in [0.2, 0.25) is 0 Å². The van der Waals surface area contributed by atoms with Crippen LogP contribution in [0.1, 0.15) is 24.2 Å². The number of hydrogen-bond donors (Lipinski definition) is 3. The second-order valence-corrected chi connectivity index (χ2v) is 5.28. The highest BCUT2D eigenvalue weighted by Crippen LogP contribution is 2.17. The Morgan fingerprint density at radius 3 is 3.00 bits per heavy atom. The number of aromatic amines is 1. The van der Waals surface area contributed by atoms with E-state index >= 15 is 0 Å². The summed E-state index contributed by atoms with van der Waals surface area (Å²) in [5.41, 5.74) is 2.45. The minimum atomic E-state index is -0.0220. The maximum atomic E-state index is 12.0. The quantitative estimate of drug-likeness (QED) is 0.748. The summed E-state index contributed by atoms with van der Waals surface area (Å²) in [4.78, 5) is 14.1. The lowest BCUT2D eigenvalue weighted by Crippen LogP contribution is -2.41. The highest BCUT2D eigenvalue weighted by Gasteiger charge is 2.21. The Morgan fingerprint density at radius 2 is 2.37 bits per heavy atom. The Labute approximate surface area is 113 Å². The highest BCUT2D eigenvalue weighted by molar-refractivity contribution is 5.93. The third kappa shape index (κ3) is 3.54. The summed E-state index contributed by atoms with van der Waals surface area (Å²) in [7, 11) is 0. The van der Waals surface area contributed by atoms with Gasteiger partial charge >= 0.3 is 0 Å². The largest absolute Gasteiger partial charge is 0.396 e. The van der Waals surface area contributed by atoms with Crippen molar-refractivity contribution in [2.45, 2.75) is 26.7 Å². The predicted molar refractivity (Wildman–Crippen MR) is 72.9 cm³/mol. The molecule has 1 aromatic rings. The molecule has 0 aliphatic carbocycles. The first-order chi connectivity index (χ1) is 9.10. The maximum absolute atomic E-state index is 12.0. The number of carbonyl (C=O) groups is 1. The predicted octanol–water partition coefficient (Wildman–Crippen LogP) is 0.669. The molecule has 0 spiro atoms. The molecule has 2 rings (SSSR count). The van der Waals surface area contributed by atoms with E-state index in [0.717, 1.165) is 43.0 Å². The van der Waals surface area contributed by atoms with Crippen LogP contribution in [0.15, 0.2) is 0 Å². The van der Waals surface area contributed by atoms with Crippen LogP contribution < -0.4 is 5.32 Å². The van der Waals surface area contributed by atoms with E-state index in [1.54, 1.807) is 0 Å². The molecule has 2 heterocycles. The molecule has 0 bridgehead atoms. The number of aliphatic hydroxyl groups excluding tert-OH is 1. The molecular weight excluding hydrogens is 244 g/mol. The van der Waals surface area contributed by atoms with Crippen LogP contribution in [0.5, 0.6) is 0 Å². The standard InChI is InChI=1S/C13H22N4O2/c1-9-13(10(2)16-15-9)14-12(19)7-17-5-3-4-11(6-17)8-18/h11,18H,3-8H2,1-2H3,(H,14,19)(H,15,16). The van der Waals surface area contributed by atoms with Crippen molar-refractivity contribution in [3.63, 3.8) is 0 Å². The molecule has 1 saturated heterocycles.